The van der Waals surface area contributed by atoms with Crippen molar-refractivity contribution in [2.24, 2.45) is 11.1 Å². The lowest BCUT2D eigenvalue weighted by Gasteiger charge is -2.26. The van der Waals surface area contributed by atoms with E-state index in [1.807, 2.05) is 52.8 Å². The molecule has 0 bridgehead atoms. The second kappa shape index (κ2) is 4.88. The van der Waals surface area contributed by atoms with Crippen LogP contribution in [0.25, 0.3) is 0 Å². The summed E-state index contributed by atoms with van der Waals surface area (Å²) >= 11 is 0. The first-order valence-electron chi connectivity index (χ1n) is 5.85. The van der Waals surface area contributed by atoms with Crippen molar-refractivity contribution >= 4 is 11.6 Å². The minimum Gasteiger partial charge on any atom is -0.324 e. The predicted molar refractivity (Wildman–Crippen MR) is 72.0 cm³/mol. The van der Waals surface area contributed by atoms with Gasteiger partial charge in [-0.15, -0.1) is 0 Å². The van der Waals surface area contributed by atoms with Gasteiger partial charge in [-0.3, -0.25) is 4.79 Å². The van der Waals surface area contributed by atoms with Gasteiger partial charge in [0.25, 0.3) is 0 Å². The quantitative estimate of drug-likeness (QED) is 0.826. The SMILES string of the molecule is Cc1ccc(NC(=O)C(N)C(C)(C)C)c(C)c1. The van der Waals surface area contributed by atoms with Gasteiger partial charge in [-0.25, -0.2) is 0 Å². The number of anilines is 1. The fourth-order valence-electron chi connectivity index (χ4n) is 1.56. The topological polar surface area (TPSA) is 55.1 Å². The van der Waals surface area contributed by atoms with Crippen molar-refractivity contribution in [2.75, 3.05) is 5.32 Å². The molecule has 1 rings (SSSR count). The Morgan fingerprint density at radius 1 is 1.29 bits per heavy atom. The molecule has 1 aromatic rings. The Hall–Kier alpha value is -1.35. The van der Waals surface area contributed by atoms with Crippen LogP contribution in [-0.2, 0) is 4.79 Å². The van der Waals surface area contributed by atoms with Crippen molar-refractivity contribution in [3.05, 3.63) is 29.3 Å². The highest BCUT2D eigenvalue weighted by Crippen LogP contribution is 2.21. The van der Waals surface area contributed by atoms with Gasteiger partial charge in [-0.05, 0) is 30.9 Å². The molecule has 0 aliphatic carbocycles. The zero-order chi connectivity index (χ0) is 13.2. The number of nitrogens with one attached hydrogen (secondary N) is 1. The van der Waals surface area contributed by atoms with Gasteiger partial charge in [0.15, 0.2) is 0 Å². The summed E-state index contributed by atoms with van der Waals surface area (Å²) in [5, 5.41) is 2.88. The van der Waals surface area contributed by atoms with E-state index in [1.165, 1.54) is 5.56 Å². The largest absolute Gasteiger partial charge is 0.324 e. The van der Waals surface area contributed by atoms with E-state index in [2.05, 4.69) is 5.32 Å². The summed E-state index contributed by atoms with van der Waals surface area (Å²) in [6.45, 7) is 9.88. The standard InChI is InChI=1S/C14H22N2O/c1-9-6-7-11(10(2)8-9)16-13(17)12(15)14(3,4)5/h6-8,12H,15H2,1-5H3,(H,16,17). The van der Waals surface area contributed by atoms with Crippen LogP contribution in [0.4, 0.5) is 5.69 Å². The van der Waals surface area contributed by atoms with E-state index < -0.39 is 6.04 Å². The van der Waals surface area contributed by atoms with Crippen LogP contribution in [-0.4, -0.2) is 11.9 Å². The second-order valence-electron chi connectivity index (χ2n) is 5.65. The maximum atomic E-state index is 12.0. The van der Waals surface area contributed by atoms with Crippen LogP contribution in [0.5, 0.6) is 0 Å². The van der Waals surface area contributed by atoms with Crippen molar-refractivity contribution < 1.29 is 4.79 Å². The summed E-state index contributed by atoms with van der Waals surface area (Å²) in [7, 11) is 0. The second-order valence-corrected chi connectivity index (χ2v) is 5.65. The van der Waals surface area contributed by atoms with E-state index in [4.69, 9.17) is 5.73 Å². The number of nitrogens with two attached hydrogens (primary N) is 1. The molecule has 1 unspecified atom stereocenters. The first kappa shape index (κ1) is 13.7. The van der Waals surface area contributed by atoms with Crippen molar-refractivity contribution in [3.8, 4) is 0 Å². The molecule has 0 spiro atoms. The van der Waals surface area contributed by atoms with Gasteiger partial charge in [0.1, 0.15) is 0 Å². The van der Waals surface area contributed by atoms with Gasteiger partial charge >= 0.3 is 0 Å². The average molecular weight is 234 g/mol. The summed E-state index contributed by atoms with van der Waals surface area (Å²) in [4.78, 5) is 12.0. The molecule has 0 aliphatic rings. The zero-order valence-electron chi connectivity index (χ0n) is 11.3. The summed E-state index contributed by atoms with van der Waals surface area (Å²) in [5.74, 6) is -0.135. The Morgan fingerprint density at radius 2 is 1.88 bits per heavy atom. The molecule has 3 heteroatoms. The number of benzene rings is 1. The minimum absolute atomic E-state index is 0.135. The molecule has 0 radical (unpaired) electrons. The molecule has 94 valence electrons. The first-order chi connectivity index (χ1) is 7.71. The van der Waals surface area contributed by atoms with E-state index in [0.717, 1.165) is 11.3 Å². The van der Waals surface area contributed by atoms with Crippen LogP contribution in [0.1, 0.15) is 31.9 Å². The fraction of sp³-hybridized carbons (Fsp3) is 0.500. The average Bonchev–Trinajstić information content (AvgIpc) is 2.19. The molecule has 0 aromatic heterocycles. The van der Waals surface area contributed by atoms with Crippen molar-refractivity contribution in [1.82, 2.24) is 0 Å². The Bertz CT molecular complexity index is 419. The number of amides is 1. The third-order valence-electron chi connectivity index (χ3n) is 2.86. The van der Waals surface area contributed by atoms with Gasteiger partial charge in [-0.2, -0.15) is 0 Å². The summed E-state index contributed by atoms with van der Waals surface area (Å²) < 4.78 is 0. The summed E-state index contributed by atoms with van der Waals surface area (Å²) in [5.41, 5.74) is 8.75. The van der Waals surface area contributed by atoms with Crippen LogP contribution in [0.15, 0.2) is 18.2 Å². The highest BCUT2D eigenvalue weighted by Gasteiger charge is 2.27. The predicted octanol–water partition coefficient (Wildman–Crippen LogP) is 2.62. The maximum Gasteiger partial charge on any atom is 0.241 e. The molecule has 0 fully saturated rings. The van der Waals surface area contributed by atoms with Gasteiger partial charge in [0, 0.05) is 5.69 Å². The third kappa shape index (κ3) is 3.56. The van der Waals surface area contributed by atoms with Crippen LogP contribution in [0, 0.1) is 19.3 Å². The van der Waals surface area contributed by atoms with Crippen LogP contribution in [0.3, 0.4) is 0 Å². The highest BCUT2D eigenvalue weighted by molar-refractivity contribution is 5.95. The fourth-order valence-corrected chi connectivity index (χ4v) is 1.56. The first-order valence-corrected chi connectivity index (χ1v) is 5.85. The third-order valence-corrected chi connectivity index (χ3v) is 2.86. The van der Waals surface area contributed by atoms with Crippen molar-refractivity contribution in [1.29, 1.82) is 0 Å². The highest BCUT2D eigenvalue weighted by atomic mass is 16.2. The lowest BCUT2D eigenvalue weighted by Crippen LogP contribution is -2.45. The van der Waals surface area contributed by atoms with Gasteiger partial charge in [0.2, 0.25) is 5.91 Å². The number of rotatable bonds is 2. The Labute approximate surface area is 103 Å². The van der Waals surface area contributed by atoms with E-state index >= 15 is 0 Å². The number of hydrogen-bond donors (Lipinski definition) is 2. The molecule has 0 aliphatic heterocycles. The number of carbonyl (C=O) groups is 1. The molecule has 0 saturated heterocycles. The smallest absolute Gasteiger partial charge is 0.241 e. The van der Waals surface area contributed by atoms with Gasteiger partial charge < -0.3 is 11.1 Å². The Kier molecular flexibility index (Phi) is 3.94. The molecule has 3 nitrogen and oxygen atoms in total. The van der Waals surface area contributed by atoms with E-state index in [1.54, 1.807) is 0 Å². The Balaban J connectivity index is 2.82. The molecule has 0 saturated carbocycles. The molecule has 1 atom stereocenters. The van der Waals surface area contributed by atoms with Crippen molar-refractivity contribution in [2.45, 2.75) is 40.7 Å². The summed E-state index contributed by atoms with van der Waals surface area (Å²) in [6.07, 6.45) is 0. The van der Waals surface area contributed by atoms with Crippen molar-refractivity contribution in [3.63, 3.8) is 0 Å². The van der Waals surface area contributed by atoms with Crippen LogP contribution < -0.4 is 11.1 Å². The van der Waals surface area contributed by atoms with Crippen LogP contribution in [0.2, 0.25) is 0 Å². The number of aryl methyl sites for hydroxylation is 2. The normalized spacial score (nSPS) is 13.3. The molecular formula is C14H22N2O. The molecular weight excluding hydrogens is 212 g/mol. The summed E-state index contributed by atoms with van der Waals surface area (Å²) in [6, 6.07) is 5.42. The molecule has 17 heavy (non-hydrogen) atoms. The lowest BCUT2D eigenvalue weighted by molar-refractivity contribution is -0.119. The monoisotopic (exact) mass is 234 g/mol. The van der Waals surface area contributed by atoms with E-state index in [9.17, 15) is 4.79 Å². The van der Waals surface area contributed by atoms with E-state index in [0.29, 0.717) is 0 Å². The van der Waals surface area contributed by atoms with Crippen LogP contribution >= 0.6 is 0 Å². The molecule has 0 heterocycles. The van der Waals surface area contributed by atoms with E-state index in [-0.39, 0.29) is 11.3 Å². The van der Waals surface area contributed by atoms with Gasteiger partial charge in [0.05, 0.1) is 6.04 Å². The molecule has 1 amide bonds. The zero-order valence-corrected chi connectivity index (χ0v) is 11.3. The minimum atomic E-state index is -0.511. The molecule has 3 N–H and O–H groups in total. The van der Waals surface area contributed by atoms with Gasteiger partial charge in [-0.1, -0.05) is 38.5 Å². The lowest BCUT2D eigenvalue weighted by atomic mass is 9.87. The Morgan fingerprint density at radius 3 is 2.35 bits per heavy atom. The number of hydrogen-bond acceptors (Lipinski definition) is 2. The maximum absolute atomic E-state index is 12.0. The molecule has 1 aromatic carbocycles. The number of carbonyl (C=O) groups excluding carboxylic acids is 1.